The molecule has 1 aromatic carbocycles. The number of halogens is 1. The fraction of sp³-hybridized carbons (Fsp3) is 0.304. The van der Waals surface area contributed by atoms with Crippen molar-refractivity contribution in [2.24, 2.45) is 0 Å². The van der Waals surface area contributed by atoms with Crippen molar-refractivity contribution in [2.75, 3.05) is 13.2 Å². The van der Waals surface area contributed by atoms with Gasteiger partial charge in [-0.05, 0) is 73.6 Å². The highest BCUT2D eigenvalue weighted by atomic mass is 35.5. The molecule has 0 spiro atoms. The van der Waals surface area contributed by atoms with Crippen molar-refractivity contribution in [1.29, 1.82) is 0 Å². The molecule has 0 aliphatic carbocycles. The van der Waals surface area contributed by atoms with Crippen LogP contribution in [-0.2, 0) is 4.74 Å². The van der Waals surface area contributed by atoms with Crippen LogP contribution in [-0.4, -0.2) is 34.3 Å². The summed E-state index contributed by atoms with van der Waals surface area (Å²) in [7, 11) is 0. The van der Waals surface area contributed by atoms with E-state index >= 15 is 0 Å². The van der Waals surface area contributed by atoms with E-state index in [9.17, 15) is 0 Å². The Labute approximate surface area is 186 Å². The number of thiocarbonyl (C=S) groups is 1. The molecule has 1 N–H and O–H groups in total. The molecule has 154 valence electrons. The summed E-state index contributed by atoms with van der Waals surface area (Å²) < 4.78 is 12.2. The lowest BCUT2D eigenvalue weighted by Gasteiger charge is -2.28. The second-order valence-corrected chi connectivity index (χ2v) is 8.45. The molecule has 0 bridgehead atoms. The van der Waals surface area contributed by atoms with E-state index in [-0.39, 0.29) is 18.2 Å². The number of furan rings is 1. The predicted octanol–water partition coefficient (Wildman–Crippen LogP) is 5.15. The minimum Gasteiger partial charge on any atom is -0.459 e. The van der Waals surface area contributed by atoms with Gasteiger partial charge in [0.1, 0.15) is 17.6 Å². The quantitative estimate of drug-likeness (QED) is 0.555. The van der Waals surface area contributed by atoms with Gasteiger partial charge in [-0.2, -0.15) is 0 Å². The standard InChI is InChI=1S/C23H22ClN3O2S/c24-16-8-6-15(7-9-16)19-10-11-20(29-19)22-21(18-5-1-2-12-25-18)26-23(30)27(22)14-17-4-3-13-28-17/h1-2,5-12,17,21-22H,3-4,13-14H2,(H,26,30)/t17-,21-,22-/m0/s1. The molecule has 7 heteroatoms. The molecular weight excluding hydrogens is 418 g/mol. The molecule has 5 rings (SSSR count). The van der Waals surface area contributed by atoms with Gasteiger partial charge in [-0.1, -0.05) is 17.7 Å². The Bertz CT molecular complexity index is 1020. The number of hydrogen-bond acceptors (Lipinski definition) is 4. The third-order valence-corrected chi connectivity index (χ3v) is 6.27. The molecule has 0 unspecified atom stereocenters. The molecule has 30 heavy (non-hydrogen) atoms. The van der Waals surface area contributed by atoms with Crippen LogP contribution in [0.5, 0.6) is 0 Å². The molecule has 0 amide bonds. The molecular formula is C23H22ClN3O2S. The smallest absolute Gasteiger partial charge is 0.170 e. The maximum Gasteiger partial charge on any atom is 0.170 e. The largest absolute Gasteiger partial charge is 0.459 e. The first kappa shape index (κ1) is 19.5. The topological polar surface area (TPSA) is 50.5 Å². The number of ether oxygens (including phenoxy) is 1. The Balaban J connectivity index is 1.50. The first-order valence-corrected chi connectivity index (χ1v) is 10.9. The van der Waals surface area contributed by atoms with Crippen molar-refractivity contribution in [3.63, 3.8) is 0 Å². The Kier molecular flexibility index (Phi) is 5.46. The summed E-state index contributed by atoms with van der Waals surface area (Å²) in [6.07, 6.45) is 4.13. The van der Waals surface area contributed by atoms with Crippen molar-refractivity contribution in [1.82, 2.24) is 15.2 Å². The minimum atomic E-state index is -0.0994. The average molecular weight is 440 g/mol. The van der Waals surface area contributed by atoms with Gasteiger partial charge in [0.15, 0.2) is 5.11 Å². The van der Waals surface area contributed by atoms with Gasteiger partial charge in [0.05, 0.1) is 17.8 Å². The molecule has 0 radical (unpaired) electrons. The normalized spacial score (nSPS) is 23.7. The number of nitrogens with one attached hydrogen (secondary N) is 1. The van der Waals surface area contributed by atoms with Crippen molar-refractivity contribution >= 4 is 28.9 Å². The number of rotatable bonds is 5. The van der Waals surface area contributed by atoms with Crippen LogP contribution in [0.4, 0.5) is 0 Å². The van der Waals surface area contributed by atoms with Crippen LogP contribution in [0.3, 0.4) is 0 Å². The lowest BCUT2D eigenvalue weighted by Crippen LogP contribution is -2.36. The molecule has 2 aromatic heterocycles. The predicted molar refractivity (Wildman–Crippen MR) is 120 cm³/mol. The van der Waals surface area contributed by atoms with Gasteiger partial charge in [0.25, 0.3) is 0 Å². The third kappa shape index (κ3) is 3.83. The van der Waals surface area contributed by atoms with Gasteiger partial charge < -0.3 is 19.4 Å². The van der Waals surface area contributed by atoms with E-state index in [0.717, 1.165) is 48.8 Å². The van der Waals surface area contributed by atoms with Crippen LogP contribution in [0.1, 0.15) is 36.4 Å². The van der Waals surface area contributed by atoms with Gasteiger partial charge in [0, 0.05) is 29.9 Å². The van der Waals surface area contributed by atoms with Crippen molar-refractivity contribution in [3.05, 3.63) is 77.3 Å². The maximum atomic E-state index is 6.34. The summed E-state index contributed by atoms with van der Waals surface area (Å²) in [4.78, 5) is 6.77. The van der Waals surface area contributed by atoms with Crippen LogP contribution in [0.15, 0.2) is 65.2 Å². The maximum absolute atomic E-state index is 6.34. The molecule has 4 heterocycles. The van der Waals surface area contributed by atoms with Crippen LogP contribution < -0.4 is 5.32 Å². The highest BCUT2D eigenvalue weighted by molar-refractivity contribution is 7.80. The van der Waals surface area contributed by atoms with Gasteiger partial charge >= 0.3 is 0 Å². The Morgan fingerprint density at radius 2 is 2.00 bits per heavy atom. The molecule has 2 aliphatic rings. The zero-order valence-electron chi connectivity index (χ0n) is 16.3. The zero-order chi connectivity index (χ0) is 20.5. The molecule has 3 aromatic rings. The average Bonchev–Trinajstić information content (AvgIpc) is 3.51. The Morgan fingerprint density at radius 1 is 1.13 bits per heavy atom. The number of aromatic nitrogens is 1. The second kappa shape index (κ2) is 8.38. The third-order valence-electron chi connectivity index (χ3n) is 5.67. The van der Waals surface area contributed by atoms with E-state index in [1.165, 1.54) is 0 Å². The number of nitrogens with zero attached hydrogens (tertiary/aromatic N) is 2. The zero-order valence-corrected chi connectivity index (χ0v) is 17.9. The van der Waals surface area contributed by atoms with E-state index in [0.29, 0.717) is 10.1 Å². The van der Waals surface area contributed by atoms with Crippen molar-refractivity contribution in [3.8, 4) is 11.3 Å². The van der Waals surface area contributed by atoms with Crippen LogP contribution in [0.2, 0.25) is 5.02 Å². The van der Waals surface area contributed by atoms with Crippen LogP contribution in [0, 0.1) is 0 Å². The minimum absolute atomic E-state index is 0.0932. The first-order valence-electron chi connectivity index (χ1n) is 10.1. The highest BCUT2D eigenvalue weighted by Crippen LogP contribution is 2.41. The first-order chi connectivity index (χ1) is 14.7. The summed E-state index contributed by atoms with van der Waals surface area (Å²) in [6, 6.07) is 17.4. The fourth-order valence-corrected chi connectivity index (χ4v) is 4.64. The monoisotopic (exact) mass is 439 g/mol. The second-order valence-electron chi connectivity index (χ2n) is 7.62. The van der Waals surface area contributed by atoms with E-state index in [1.807, 2.05) is 54.6 Å². The molecule has 0 saturated carbocycles. The van der Waals surface area contributed by atoms with E-state index in [4.69, 9.17) is 33.0 Å². The summed E-state index contributed by atoms with van der Waals surface area (Å²) in [5.74, 6) is 1.65. The van der Waals surface area contributed by atoms with Gasteiger partial charge in [-0.3, -0.25) is 4.98 Å². The number of benzene rings is 1. The summed E-state index contributed by atoms with van der Waals surface area (Å²) >= 11 is 11.8. The highest BCUT2D eigenvalue weighted by Gasteiger charge is 2.42. The summed E-state index contributed by atoms with van der Waals surface area (Å²) in [5.41, 5.74) is 1.92. The SMILES string of the molecule is S=C1N[C@@H](c2ccccn2)[C@H](c2ccc(-c3ccc(Cl)cc3)o2)N1C[C@@H]1CCCO1. The number of hydrogen-bond donors (Lipinski definition) is 1. The molecule has 2 fully saturated rings. The van der Waals surface area contributed by atoms with Crippen molar-refractivity contribution < 1.29 is 9.15 Å². The lowest BCUT2D eigenvalue weighted by molar-refractivity contribution is 0.0818. The van der Waals surface area contributed by atoms with Gasteiger partial charge in [0.2, 0.25) is 0 Å². The van der Waals surface area contributed by atoms with Crippen LogP contribution >= 0.6 is 23.8 Å². The van der Waals surface area contributed by atoms with Gasteiger partial charge in [-0.25, -0.2) is 0 Å². The Hall–Kier alpha value is -2.41. The van der Waals surface area contributed by atoms with E-state index in [2.05, 4.69) is 15.2 Å². The summed E-state index contributed by atoms with van der Waals surface area (Å²) in [6.45, 7) is 1.55. The number of pyridine rings is 1. The van der Waals surface area contributed by atoms with Crippen molar-refractivity contribution in [2.45, 2.75) is 31.0 Å². The van der Waals surface area contributed by atoms with Crippen LogP contribution in [0.25, 0.3) is 11.3 Å². The summed E-state index contributed by atoms with van der Waals surface area (Å²) in [5, 5.41) is 4.87. The Morgan fingerprint density at radius 3 is 2.73 bits per heavy atom. The fourth-order valence-electron chi connectivity index (χ4n) is 4.20. The van der Waals surface area contributed by atoms with Gasteiger partial charge in [-0.15, -0.1) is 0 Å². The lowest BCUT2D eigenvalue weighted by atomic mass is 10.0. The molecule has 2 aliphatic heterocycles. The van der Waals surface area contributed by atoms with E-state index < -0.39 is 0 Å². The molecule has 3 atom stereocenters. The molecule has 5 nitrogen and oxygen atoms in total. The van der Waals surface area contributed by atoms with E-state index in [1.54, 1.807) is 6.20 Å². The molecule has 2 saturated heterocycles.